The van der Waals surface area contributed by atoms with Crippen LogP contribution in [0, 0.1) is 0 Å². The van der Waals surface area contributed by atoms with Crippen molar-refractivity contribution in [3.05, 3.63) is 29.8 Å². The number of carbonyl (C=O) groups excluding carboxylic acids is 1. The van der Waals surface area contributed by atoms with E-state index in [4.69, 9.17) is 0 Å². The van der Waals surface area contributed by atoms with E-state index >= 15 is 0 Å². The van der Waals surface area contributed by atoms with Crippen molar-refractivity contribution in [2.75, 3.05) is 6.54 Å². The average molecular weight is 255 g/mol. The molecular formula is C12H17NO3S. The van der Waals surface area contributed by atoms with Gasteiger partial charge in [-0.2, -0.15) is 0 Å². The SMILES string of the molecule is CC(=O)NCCC(O)C(O)c1cccc(S)c1. The van der Waals surface area contributed by atoms with Crippen LogP contribution in [0.25, 0.3) is 0 Å². The fourth-order valence-electron chi connectivity index (χ4n) is 1.48. The van der Waals surface area contributed by atoms with E-state index in [-0.39, 0.29) is 5.91 Å². The van der Waals surface area contributed by atoms with E-state index in [2.05, 4.69) is 17.9 Å². The summed E-state index contributed by atoms with van der Waals surface area (Å²) in [4.78, 5) is 11.4. The van der Waals surface area contributed by atoms with Gasteiger partial charge in [-0.15, -0.1) is 12.6 Å². The lowest BCUT2D eigenvalue weighted by Gasteiger charge is -2.18. The molecule has 1 amide bonds. The highest BCUT2D eigenvalue weighted by Crippen LogP contribution is 2.20. The molecule has 3 N–H and O–H groups in total. The predicted octanol–water partition coefficient (Wildman–Crippen LogP) is 0.896. The van der Waals surface area contributed by atoms with Crippen molar-refractivity contribution < 1.29 is 15.0 Å². The summed E-state index contributed by atoms with van der Waals surface area (Å²) < 4.78 is 0. The maximum atomic E-state index is 10.6. The number of hydrogen-bond acceptors (Lipinski definition) is 4. The summed E-state index contributed by atoms with van der Waals surface area (Å²) in [6, 6.07) is 6.99. The van der Waals surface area contributed by atoms with Gasteiger partial charge in [0.15, 0.2) is 0 Å². The first-order chi connectivity index (χ1) is 8.00. The van der Waals surface area contributed by atoms with Gasteiger partial charge in [0, 0.05) is 18.4 Å². The largest absolute Gasteiger partial charge is 0.390 e. The topological polar surface area (TPSA) is 69.6 Å². The summed E-state index contributed by atoms with van der Waals surface area (Å²) in [5.41, 5.74) is 0.618. The minimum absolute atomic E-state index is 0.149. The molecule has 94 valence electrons. The monoisotopic (exact) mass is 255 g/mol. The van der Waals surface area contributed by atoms with Crippen molar-refractivity contribution in [3.8, 4) is 0 Å². The summed E-state index contributed by atoms with van der Waals surface area (Å²) in [6.07, 6.45) is -1.56. The van der Waals surface area contributed by atoms with Gasteiger partial charge in [0.25, 0.3) is 0 Å². The number of amides is 1. The lowest BCUT2D eigenvalue weighted by atomic mass is 10.0. The standard InChI is InChI=1S/C12H17NO3S/c1-8(14)13-6-5-11(15)12(16)9-3-2-4-10(17)7-9/h2-4,7,11-12,15-17H,5-6H2,1H3,(H,13,14). The van der Waals surface area contributed by atoms with Gasteiger partial charge in [-0.25, -0.2) is 0 Å². The highest BCUT2D eigenvalue weighted by atomic mass is 32.1. The molecule has 4 nitrogen and oxygen atoms in total. The molecule has 0 heterocycles. The predicted molar refractivity (Wildman–Crippen MR) is 68.0 cm³/mol. The number of aliphatic hydroxyl groups excluding tert-OH is 2. The Labute approximate surface area is 106 Å². The molecule has 0 saturated carbocycles. The fraction of sp³-hybridized carbons (Fsp3) is 0.417. The number of thiol groups is 1. The first kappa shape index (κ1) is 14.0. The Morgan fingerprint density at radius 2 is 2.18 bits per heavy atom. The van der Waals surface area contributed by atoms with E-state index in [1.54, 1.807) is 24.3 Å². The lowest BCUT2D eigenvalue weighted by molar-refractivity contribution is -0.119. The molecule has 0 aliphatic rings. The summed E-state index contributed by atoms with van der Waals surface area (Å²) in [5, 5.41) is 22.2. The number of rotatable bonds is 5. The third-order valence-electron chi connectivity index (χ3n) is 2.39. The highest BCUT2D eigenvalue weighted by Gasteiger charge is 2.18. The fourth-order valence-corrected chi connectivity index (χ4v) is 1.72. The van der Waals surface area contributed by atoms with Gasteiger partial charge in [0.05, 0.1) is 6.10 Å². The normalized spacial score (nSPS) is 14.1. The van der Waals surface area contributed by atoms with Crippen LogP contribution >= 0.6 is 12.6 Å². The number of hydrogen-bond donors (Lipinski definition) is 4. The molecule has 1 rings (SSSR count). The van der Waals surface area contributed by atoms with Crippen LogP contribution in [-0.2, 0) is 4.79 Å². The van der Waals surface area contributed by atoms with Gasteiger partial charge in [-0.1, -0.05) is 12.1 Å². The molecule has 1 aromatic rings. The molecule has 1 aromatic carbocycles. The summed E-state index contributed by atoms with van der Waals surface area (Å²) in [5.74, 6) is -0.149. The third kappa shape index (κ3) is 4.77. The highest BCUT2D eigenvalue weighted by molar-refractivity contribution is 7.80. The Hall–Kier alpha value is -1.04. The minimum atomic E-state index is -0.962. The second-order valence-corrected chi connectivity index (χ2v) is 4.40. The second kappa shape index (κ2) is 6.64. The van der Waals surface area contributed by atoms with Crippen molar-refractivity contribution in [1.29, 1.82) is 0 Å². The zero-order valence-electron chi connectivity index (χ0n) is 9.63. The first-order valence-electron chi connectivity index (χ1n) is 5.40. The Morgan fingerprint density at radius 1 is 1.47 bits per heavy atom. The molecule has 2 atom stereocenters. The molecule has 17 heavy (non-hydrogen) atoms. The molecule has 0 aromatic heterocycles. The van der Waals surface area contributed by atoms with Crippen LogP contribution in [0.4, 0.5) is 0 Å². The molecule has 0 spiro atoms. The second-order valence-electron chi connectivity index (χ2n) is 3.88. The quantitative estimate of drug-likeness (QED) is 0.591. The van der Waals surface area contributed by atoms with Gasteiger partial charge in [-0.3, -0.25) is 4.79 Å². The molecule has 0 aliphatic carbocycles. The van der Waals surface area contributed by atoms with Crippen LogP contribution in [0.1, 0.15) is 25.0 Å². The molecule has 5 heteroatoms. The Balaban J connectivity index is 2.51. The molecule has 0 saturated heterocycles. The zero-order chi connectivity index (χ0) is 12.8. The number of nitrogens with one attached hydrogen (secondary N) is 1. The molecule has 0 radical (unpaired) electrons. The van der Waals surface area contributed by atoms with Gasteiger partial charge in [0.1, 0.15) is 6.10 Å². The molecular weight excluding hydrogens is 238 g/mol. The van der Waals surface area contributed by atoms with E-state index in [1.807, 2.05) is 0 Å². The molecule has 0 bridgehead atoms. The molecule has 2 unspecified atom stereocenters. The van der Waals surface area contributed by atoms with Gasteiger partial charge in [-0.05, 0) is 24.1 Å². The van der Waals surface area contributed by atoms with E-state index in [9.17, 15) is 15.0 Å². The smallest absolute Gasteiger partial charge is 0.216 e. The van der Waals surface area contributed by atoms with Crippen LogP contribution in [-0.4, -0.2) is 28.8 Å². The first-order valence-corrected chi connectivity index (χ1v) is 5.85. The van der Waals surface area contributed by atoms with Gasteiger partial charge < -0.3 is 15.5 Å². The molecule has 0 aliphatic heterocycles. The Morgan fingerprint density at radius 3 is 2.76 bits per heavy atom. The Kier molecular flexibility index (Phi) is 5.47. The van der Waals surface area contributed by atoms with Crippen LogP contribution < -0.4 is 5.32 Å². The summed E-state index contributed by atoms with van der Waals surface area (Å²) in [6.45, 7) is 1.75. The van der Waals surface area contributed by atoms with Crippen molar-refractivity contribution in [2.45, 2.75) is 30.4 Å². The van der Waals surface area contributed by atoms with Crippen LogP contribution in [0.2, 0.25) is 0 Å². The van der Waals surface area contributed by atoms with E-state index in [0.29, 0.717) is 18.5 Å². The van der Waals surface area contributed by atoms with Crippen molar-refractivity contribution >= 4 is 18.5 Å². The maximum absolute atomic E-state index is 10.6. The van der Waals surface area contributed by atoms with E-state index < -0.39 is 12.2 Å². The summed E-state index contributed by atoms with van der Waals surface area (Å²) in [7, 11) is 0. The number of aliphatic hydroxyl groups is 2. The third-order valence-corrected chi connectivity index (χ3v) is 2.67. The van der Waals surface area contributed by atoms with Crippen LogP contribution in [0.15, 0.2) is 29.2 Å². The van der Waals surface area contributed by atoms with Crippen LogP contribution in [0.5, 0.6) is 0 Å². The zero-order valence-corrected chi connectivity index (χ0v) is 10.5. The molecule has 0 fully saturated rings. The van der Waals surface area contributed by atoms with Crippen LogP contribution in [0.3, 0.4) is 0 Å². The van der Waals surface area contributed by atoms with Gasteiger partial charge >= 0.3 is 0 Å². The van der Waals surface area contributed by atoms with Crippen molar-refractivity contribution in [3.63, 3.8) is 0 Å². The lowest BCUT2D eigenvalue weighted by Crippen LogP contribution is -2.27. The van der Waals surface area contributed by atoms with Gasteiger partial charge in [0.2, 0.25) is 5.91 Å². The van der Waals surface area contributed by atoms with E-state index in [0.717, 1.165) is 4.90 Å². The van der Waals surface area contributed by atoms with Crippen molar-refractivity contribution in [1.82, 2.24) is 5.32 Å². The summed E-state index contributed by atoms with van der Waals surface area (Å²) >= 11 is 4.16. The number of carbonyl (C=O) groups is 1. The average Bonchev–Trinajstić information content (AvgIpc) is 2.27. The maximum Gasteiger partial charge on any atom is 0.216 e. The van der Waals surface area contributed by atoms with Crippen molar-refractivity contribution in [2.24, 2.45) is 0 Å². The minimum Gasteiger partial charge on any atom is -0.390 e. The number of benzene rings is 1. The Bertz CT molecular complexity index is 384. The van der Waals surface area contributed by atoms with E-state index in [1.165, 1.54) is 6.92 Å².